The lowest BCUT2D eigenvalue weighted by Gasteiger charge is -2.12. The van der Waals surface area contributed by atoms with Gasteiger partial charge in [0, 0.05) is 6.04 Å². The lowest BCUT2D eigenvalue weighted by atomic mass is 10.1. The molecule has 0 spiro atoms. The van der Waals surface area contributed by atoms with E-state index in [1.165, 1.54) is 18.4 Å². The number of hydrogen-bond donors (Lipinski definition) is 1. The molecular weight excluding hydrogens is 222 g/mol. The quantitative estimate of drug-likeness (QED) is 0.672. The van der Waals surface area contributed by atoms with Crippen LogP contribution in [-0.2, 0) is 6.42 Å². The maximum absolute atomic E-state index is 5.73. The number of benzene rings is 1. The molecule has 1 rings (SSSR count). The molecule has 0 aliphatic rings. The van der Waals surface area contributed by atoms with Gasteiger partial charge < -0.3 is 10.1 Å². The van der Waals surface area contributed by atoms with E-state index < -0.39 is 0 Å². The van der Waals surface area contributed by atoms with Gasteiger partial charge in [0.05, 0.1) is 6.61 Å². The van der Waals surface area contributed by atoms with Crippen molar-refractivity contribution < 1.29 is 4.74 Å². The monoisotopic (exact) mass is 249 g/mol. The zero-order valence-corrected chi connectivity index (χ0v) is 12.0. The predicted octanol–water partition coefficient (Wildman–Crippen LogP) is 3.80. The summed E-state index contributed by atoms with van der Waals surface area (Å²) in [7, 11) is 0. The van der Waals surface area contributed by atoms with Gasteiger partial charge in [-0.2, -0.15) is 0 Å². The molecule has 0 aliphatic carbocycles. The average Bonchev–Trinajstić information content (AvgIpc) is 2.39. The zero-order chi connectivity index (χ0) is 13.2. The van der Waals surface area contributed by atoms with Crippen LogP contribution in [0.4, 0.5) is 0 Å². The molecule has 1 aromatic carbocycles. The van der Waals surface area contributed by atoms with E-state index in [1.807, 2.05) is 0 Å². The fourth-order valence-electron chi connectivity index (χ4n) is 2.01. The van der Waals surface area contributed by atoms with Crippen molar-refractivity contribution in [1.29, 1.82) is 0 Å². The first-order chi connectivity index (χ1) is 8.76. The van der Waals surface area contributed by atoms with E-state index in [-0.39, 0.29) is 0 Å². The highest BCUT2D eigenvalue weighted by Crippen LogP contribution is 2.13. The van der Waals surface area contributed by atoms with Crippen LogP contribution < -0.4 is 10.1 Å². The van der Waals surface area contributed by atoms with Gasteiger partial charge in [-0.3, -0.25) is 0 Å². The van der Waals surface area contributed by atoms with E-state index in [1.54, 1.807) is 0 Å². The first kappa shape index (κ1) is 15.0. The Hall–Kier alpha value is -1.02. The van der Waals surface area contributed by atoms with Gasteiger partial charge in [0.1, 0.15) is 5.75 Å². The summed E-state index contributed by atoms with van der Waals surface area (Å²) in [6.07, 6.45) is 4.67. The molecule has 0 amide bonds. The molecule has 1 N–H and O–H groups in total. The summed E-state index contributed by atoms with van der Waals surface area (Å²) < 4.78 is 5.73. The molecule has 2 nitrogen and oxygen atoms in total. The molecule has 0 saturated heterocycles. The van der Waals surface area contributed by atoms with Gasteiger partial charge in [-0.05, 0) is 56.8 Å². The molecule has 0 aliphatic heterocycles. The van der Waals surface area contributed by atoms with Crippen molar-refractivity contribution in [2.45, 2.75) is 52.5 Å². The fraction of sp³-hybridized carbons (Fsp3) is 0.625. The average molecular weight is 249 g/mol. The summed E-state index contributed by atoms with van der Waals surface area (Å²) in [4.78, 5) is 0. The number of unbranched alkanes of at least 4 members (excludes halogenated alkanes) is 1. The highest BCUT2D eigenvalue weighted by Gasteiger charge is 1.99. The van der Waals surface area contributed by atoms with Gasteiger partial charge >= 0.3 is 0 Å². The van der Waals surface area contributed by atoms with Crippen molar-refractivity contribution in [2.24, 2.45) is 0 Å². The second kappa shape index (κ2) is 8.98. The van der Waals surface area contributed by atoms with E-state index >= 15 is 0 Å². The molecular formula is C16H27NO. The highest BCUT2D eigenvalue weighted by atomic mass is 16.5. The largest absolute Gasteiger partial charge is 0.494 e. The maximum atomic E-state index is 5.73. The molecule has 0 bridgehead atoms. The van der Waals surface area contributed by atoms with Gasteiger partial charge in [-0.1, -0.05) is 26.0 Å². The maximum Gasteiger partial charge on any atom is 0.119 e. The molecule has 2 heteroatoms. The molecule has 0 saturated carbocycles. The Morgan fingerprint density at radius 3 is 2.44 bits per heavy atom. The summed E-state index contributed by atoms with van der Waals surface area (Å²) in [5, 5.41) is 3.43. The van der Waals surface area contributed by atoms with E-state index in [2.05, 4.69) is 50.4 Å². The first-order valence-electron chi connectivity index (χ1n) is 7.21. The fourth-order valence-corrected chi connectivity index (χ4v) is 2.01. The molecule has 1 unspecified atom stereocenters. The Balaban J connectivity index is 2.10. The highest BCUT2D eigenvalue weighted by molar-refractivity contribution is 5.27. The van der Waals surface area contributed by atoms with Crippen molar-refractivity contribution in [3.63, 3.8) is 0 Å². The minimum Gasteiger partial charge on any atom is -0.494 e. The van der Waals surface area contributed by atoms with E-state index in [4.69, 9.17) is 4.74 Å². The second-order valence-electron chi connectivity index (χ2n) is 4.80. The van der Waals surface area contributed by atoms with Crippen molar-refractivity contribution in [1.82, 2.24) is 5.32 Å². The summed E-state index contributed by atoms with van der Waals surface area (Å²) in [5.74, 6) is 0.993. The van der Waals surface area contributed by atoms with Crippen LogP contribution in [0.5, 0.6) is 5.75 Å². The SMILES string of the molecule is CCNC(C)CCCCOc1ccc(CC)cc1. The van der Waals surface area contributed by atoms with Crippen LogP contribution in [0, 0.1) is 0 Å². The molecule has 0 aromatic heterocycles. The van der Waals surface area contributed by atoms with Gasteiger partial charge in [0.15, 0.2) is 0 Å². The van der Waals surface area contributed by atoms with Crippen LogP contribution in [0.2, 0.25) is 0 Å². The molecule has 102 valence electrons. The normalized spacial score (nSPS) is 12.4. The third-order valence-corrected chi connectivity index (χ3v) is 3.18. The van der Waals surface area contributed by atoms with Gasteiger partial charge in [0.25, 0.3) is 0 Å². The number of ether oxygens (including phenoxy) is 1. The topological polar surface area (TPSA) is 21.3 Å². The molecule has 0 radical (unpaired) electrons. The van der Waals surface area contributed by atoms with Crippen molar-refractivity contribution in [2.75, 3.05) is 13.2 Å². The Bertz CT molecular complexity index is 307. The van der Waals surface area contributed by atoms with E-state index in [0.29, 0.717) is 6.04 Å². The number of rotatable bonds is 9. The van der Waals surface area contributed by atoms with Crippen LogP contribution in [0.15, 0.2) is 24.3 Å². The van der Waals surface area contributed by atoms with E-state index in [9.17, 15) is 0 Å². The lowest BCUT2D eigenvalue weighted by Crippen LogP contribution is -2.25. The predicted molar refractivity (Wildman–Crippen MR) is 78.3 cm³/mol. The molecule has 1 atom stereocenters. The molecule has 1 aromatic rings. The standard InChI is InChI=1S/C16H27NO/c1-4-15-9-11-16(12-10-15)18-13-7-6-8-14(3)17-5-2/h9-12,14,17H,4-8,13H2,1-3H3. The first-order valence-corrected chi connectivity index (χ1v) is 7.21. The summed E-state index contributed by atoms with van der Waals surface area (Å²) in [6, 6.07) is 9.05. The Morgan fingerprint density at radius 1 is 1.11 bits per heavy atom. The summed E-state index contributed by atoms with van der Waals surface area (Å²) in [6.45, 7) is 8.44. The Kier molecular flexibility index (Phi) is 7.51. The molecule has 0 heterocycles. The lowest BCUT2D eigenvalue weighted by molar-refractivity contribution is 0.302. The number of nitrogens with one attached hydrogen (secondary N) is 1. The van der Waals surface area contributed by atoms with E-state index in [0.717, 1.165) is 31.7 Å². The summed E-state index contributed by atoms with van der Waals surface area (Å²) in [5.41, 5.74) is 1.36. The van der Waals surface area contributed by atoms with Crippen LogP contribution in [0.1, 0.15) is 45.6 Å². The third-order valence-electron chi connectivity index (χ3n) is 3.18. The van der Waals surface area contributed by atoms with Gasteiger partial charge in [0.2, 0.25) is 0 Å². The van der Waals surface area contributed by atoms with Crippen LogP contribution in [-0.4, -0.2) is 19.2 Å². The zero-order valence-electron chi connectivity index (χ0n) is 12.0. The smallest absolute Gasteiger partial charge is 0.119 e. The van der Waals surface area contributed by atoms with Gasteiger partial charge in [-0.15, -0.1) is 0 Å². The van der Waals surface area contributed by atoms with Crippen molar-refractivity contribution in [3.05, 3.63) is 29.8 Å². The third kappa shape index (κ3) is 6.06. The van der Waals surface area contributed by atoms with Crippen LogP contribution in [0.3, 0.4) is 0 Å². The Morgan fingerprint density at radius 2 is 1.83 bits per heavy atom. The Labute approximate surface area is 112 Å². The summed E-state index contributed by atoms with van der Waals surface area (Å²) >= 11 is 0. The van der Waals surface area contributed by atoms with Crippen LogP contribution >= 0.6 is 0 Å². The molecule has 0 fully saturated rings. The second-order valence-corrected chi connectivity index (χ2v) is 4.80. The van der Waals surface area contributed by atoms with Gasteiger partial charge in [-0.25, -0.2) is 0 Å². The molecule has 18 heavy (non-hydrogen) atoms. The van der Waals surface area contributed by atoms with Crippen molar-refractivity contribution in [3.8, 4) is 5.75 Å². The number of hydrogen-bond acceptors (Lipinski definition) is 2. The van der Waals surface area contributed by atoms with Crippen LogP contribution in [0.25, 0.3) is 0 Å². The number of aryl methyl sites for hydroxylation is 1. The minimum absolute atomic E-state index is 0.624. The minimum atomic E-state index is 0.624. The van der Waals surface area contributed by atoms with Crippen molar-refractivity contribution >= 4 is 0 Å².